The molecule has 1 atom stereocenters. The van der Waals surface area contributed by atoms with Crippen LogP contribution in [0.15, 0.2) is 0 Å². The molecule has 0 aromatic carbocycles. The first-order chi connectivity index (χ1) is 8.85. The van der Waals surface area contributed by atoms with Crippen LogP contribution in [0.3, 0.4) is 0 Å². The molecule has 0 spiro atoms. The van der Waals surface area contributed by atoms with Crippen LogP contribution < -0.4 is 0 Å². The molecule has 0 N–H and O–H groups in total. The van der Waals surface area contributed by atoms with Gasteiger partial charge in [0.2, 0.25) is 0 Å². The lowest BCUT2D eigenvalue weighted by Gasteiger charge is -2.14. The summed E-state index contributed by atoms with van der Waals surface area (Å²) in [4.78, 5) is 0. The monoisotopic (exact) mass is 271 g/mol. The van der Waals surface area contributed by atoms with E-state index in [0.717, 1.165) is 11.7 Å². The second-order valence-corrected chi connectivity index (χ2v) is 6.17. The molecule has 18 heavy (non-hydrogen) atoms. The molecular formula is C17H35S. The number of hydrogen-bond acceptors (Lipinski definition) is 0. The molecule has 0 saturated carbocycles. The van der Waals surface area contributed by atoms with Gasteiger partial charge in [-0.2, -0.15) is 0 Å². The van der Waals surface area contributed by atoms with Gasteiger partial charge in [0.1, 0.15) is 0 Å². The zero-order chi connectivity index (χ0) is 13.5. The lowest BCUT2D eigenvalue weighted by Crippen LogP contribution is -2.01. The molecule has 0 bridgehead atoms. The minimum absolute atomic E-state index is 0.928. The highest BCUT2D eigenvalue weighted by Crippen LogP contribution is 2.20. The summed E-state index contributed by atoms with van der Waals surface area (Å²) in [5.41, 5.74) is 0. The first-order valence-corrected chi connectivity index (χ1v) is 9.00. The van der Waals surface area contributed by atoms with Crippen molar-refractivity contribution in [2.24, 2.45) is 5.92 Å². The fourth-order valence-electron chi connectivity index (χ4n) is 2.75. The molecule has 0 saturated heterocycles. The minimum atomic E-state index is 0.928. The fourth-order valence-corrected chi connectivity index (χ4v) is 3.08. The van der Waals surface area contributed by atoms with E-state index in [9.17, 15) is 0 Å². The van der Waals surface area contributed by atoms with E-state index in [4.69, 9.17) is 12.6 Å². The van der Waals surface area contributed by atoms with Gasteiger partial charge in [-0.15, -0.1) is 0 Å². The molecular weight excluding hydrogens is 236 g/mol. The Morgan fingerprint density at radius 3 is 1.67 bits per heavy atom. The zero-order valence-electron chi connectivity index (χ0n) is 12.9. The van der Waals surface area contributed by atoms with Crippen LogP contribution in [0.1, 0.15) is 97.3 Å². The second kappa shape index (κ2) is 15.4. The summed E-state index contributed by atoms with van der Waals surface area (Å²) in [5, 5.41) is 0. The summed E-state index contributed by atoms with van der Waals surface area (Å²) < 4.78 is 0. The lowest BCUT2D eigenvalue weighted by atomic mass is 9.93. The first-order valence-electron chi connectivity index (χ1n) is 8.43. The molecule has 0 nitrogen and oxygen atoms in total. The van der Waals surface area contributed by atoms with Gasteiger partial charge in [-0.3, -0.25) is 0 Å². The van der Waals surface area contributed by atoms with Crippen molar-refractivity contribution < 1.29 is 0 Å². The van der Waals surface area contributed by atoms with Gasteiger partial charge in [0.15, 0.2) is 0 Å². The molecule has 0 rings (SSSR count). The van der Waals surface area contributed by atoms with Gasteiger partial charge in [-0.1, -0.05) is 104 Å². The third kappa shape index (κ3) is 12.8. The maximum atomic E-state index is 5.11. The van der Waals surface area contributed by atoms with Crippen LogP contribution in [-0.4, -0.2) is 5.75 Å². The molecule has 0 aliphatic rings. The molecule has 0 fully saturated rings. The van der Waals surface area contributed by atoms with Gasteiger partial charge >= 0.3 is 0 Å². The highest BCUT2D eigenvalue weighted by atomic mass is 32.1. The van der Waals surface area contributed by atoms with E-state index >= 15 is 0 Å². The maximum absolute atomic E-state index is 5.11. The summed E-state index contributed by atoms with van der Waals surface area (Å²) >= 11 is 5.11. The molecule has 1 heteroatoms. The molecule has 0 aromatic heterocycles. The van der Waals surface area contributed by atoms with Crippen LogP contribution in [0.25, 0.3) is 0 Å². The quantitative estimate of drug-likeness (QED) is 0.301. The van der Waals surface area contributed by atoms with Gasteiger partial charge in [0, 0.05) is 5.75 Å². The smallest absolute Gasteiger partial charge is 0.00395 e. The summed E-state index contributed by atoms with van der Waals surface area (Å²) in [6.45, 7) is 4.59. The summed E-state index contributed by atoms with van der Waals surface area (Å²) in [7, 11) is 0. The van der Waals surface area contributed by atoms with Crippen LogP contribution in [0, 0.1) is 5.92 Å². The van der Waals surface area contributed by atoms with Crippen molar-refractivity contribution in [2.75, 3.05) is 5.75 Å². The number of rotatable bonds is 14. The highest BCUT2D eigenvalue weighted by molar-refractivity contribution is 7.80. The Morgan fingerprint density at radius 2 is 1.17 bits per heavy atom. The summed E-state index contributed by atoms with van der Waals surface area (Å²) in [6.07, 6.45) is 18.4. The van der Waals surface area contributed by atoms with E-state index in [2.05, 4.69) is 13.8 Å². The molecule has 1 unspecified atom stereocenters. The predicted molar refractivity (Wildman–Crippen MR) is 87.3 cm³/mol. The van der Waals surface area contributed by atoms with Crippen molar-refractivity contribution in [3.63, 3.8) is 0 Å². The van der Waals surface area contributed by atoms with E-state index in [-0.39, 0.29) is 0 Å². The summed E-state index contributed by atoms with van der Waals surface area (Å²) in [6, 6.07) is 0. The van der Waals surface area contributed by atoms with Gasteiger partial charge in [0.25, 0.3) is 0 Å². The van der Waals surface area contributed by atoms with Gasteiger partial charge < -0.3 is 0 Å². The average molecular weight is 272 g/mol. The van der Waals surface area contributed by atoms with Crippen LogP contribution >= 0.6 is 12.6 Å². The Kier molecular flexibility index (Phi) is 15.7. The highest BCUT2D eigenvalue weighted by Gasteiger charge is 2.06. The van der Waals surface area contributed by atoms with Crippen molar-refractivity contribution in [1.29, 1.82) is 0 Å². The van der Waals surface area contributed by atoms with E-state index in [0.29, 0.717) is 0 Å². The van der Waals surface area contributed by atoms with Gasteiger partial charge in [0.05, 0.1) is 0 Å². The molecule has 0 aliphatic carbocycles. The summed E-state index contributed by atoms with van der Waals surface area (Å²) in [5.74, 6) is 1.89. The van der Waals surface area contributed by atoms with Crippen molar-refractivity contribution in [1.82, 2.24) is 0 Å². The Balaban J connectivity index is 3.21. The van der Waals surface area contributed by atoms with Crippen LogP contribution in [0.5, 0.6) is 0 Å². The predicted octanol–water partition coefficient (Wildman–Crippen LogP) is 6.91. The van der Waals surface area contributed by atoms with Gasteiger partial charge in [-0.05, 0) is 12.3 Å². The van der Waals surface area contributed by atoms with E-state index in [1.165, 1.54) is 83.5 Å². The lowest BCUT2D eigenvalue weighted by molar-refractivity contribution is 0.410. The van der Waals surface area contributed by atoms with Crippen molar-refractivity contribution in [3.8, 4) is 0 Å². The van der Waals surface area contributed by atoms with Crippen LogP contribution in [0.2, 0.25) is 0 Å². The SMILES string of the molecule is CCCCCCCCCCCC(CCC)CC[S]. The maximum Gasteiger partial charge on any atom is 0.00395 e. The Morgan fingerprint density at radius 1 is 0.611 bits per heavy atom. The molecule has 0 aliphatic heterocycles. The molecule has 0 heterocycles. The zero-order valence-corrected chi connectivity index (χ0v) is 13.7. The average Bonchev–Trinajstić information content (AvgIpc) is 2.37. The van der Waals surface area contributed by atoms with E-state index < -0.39 is 0 Å². The van der Waals surface area contributed by atoms with Gasteiger partial charge in [-0.25, -0.2) is 0 Å². The minimum Gasteiger partial charge on any atom is -0.0941 e. The van der Waals surface area contributed by atoms with E-state index in [1.54, 1.807) is 0 Å². The second-order valence-electron chi connectivity index (χ2n) is 5.76. The fraction of sp³-hybridized carbons (Fsp3) is 1.00. The van der Waals surface area contributed by atoms with Crippen molar-refractivity contribution in [3.05, 3.63) is 0 Å². The molecule has 0 aromatic rings. The standard InChI is InChI=1S/C17H35S/c1-3-5-6-7-8-9-10-11-12-14-17(13-4-2)15-16-18/h17H,3-16H2,1-2H3. The van der Waals surface area contributed by atoms with Crippen molar-refractivity contribution >= 4 is 12.6 Å². The third-order valence-corrected chi connectivity index (χ3v) is 4.17. The Bertz CT molecular complexity index is 139. The van der Waals surface area contributed by atoms with Crippen LogP contribution in [-0.2, 0) is 0 Å². The first kappa shape index (κ1) is 18.4. The molecule has 0 amide bonds. The van der Waals surface area contributed by atoms with Crippen LogP contribution in [0.4, 0.5) is 0 Å². The number of unbranched alkanes of at least 4 members (excludes halogenated alkanes) is 8. The molecule has 1 radical (unpaired) electrons. The largest absolute Gasteiger partial charge is 0.0941 e. The molecule has 109 valence electrons. The Hall–Kier alpha value is 0.350. The normalized spacial score (nSPS) is 12.8. The van der Waals surface area contributed by atoms with E-state index in [1.807, 2.05) is 0 Å². The third-order valence-electron chi connectivity index (χ3n) is 3.94. The van der Waals surface area contributed by atoms with Crippen molar-refractivity contribution in [2.45, 2.75) is 97.3 Å². The topological polar surface area (TPSA) is 0 Å². The Labute approximate surface area is 122 Å². The number of hydrogen-bond donors (Lipinski definition) is 0.